The molecule has 12 heavy (non-hydrogen) atoms. The molecule has 5 heteroatoms. The van der Waals surface area contributed by atoms with Gasteiger partial charge in [0.25, 0.3) is 10.3 Å². The summed E-state index contributed by atoms with van der Waals surface area (Å²) in [6.45, 7) is 0. The first-order valence-corrected chi connectivity index (χ1v) is 3.99. The Morgan fingerprint density at radius 2 is 1.00 bits per heavy atom. The van der Waals surface area contributed by atoms with Gasteiger partial charge in [-0.25, -0.2) is 0 Å². The minimum absolute atomic E-state index is 2.00. The largest absolute Gasteiger partial charge is 0.387 e. The predicted molar refractivity (Wildman–Crippen MR) is 42.6 cm³/mol. The van der Waals surface area contributed by atoms with Crippen molar-refractivity contribution < 1.29 is 17.2 Å². The van der Waals surface area contributed by atoms with Gasteiger partial charge in [0.1, 0.15) is 0 Å². The van der Waals surface area contributed by atoms with Crippen LogP contribution in [-0.4, -0.2) is 13.8 Å². The minimum Gasteiger partial charge on any atom is -0.179 e. The van der Waals surface area contributed by atoms with Gasteiger partial charge in [-0.15, -0.1) is 0 Å². The molecule has 66 valence electrons. The van der Waals surface area contributed by atoms with Crippen LogP contribution in [0.4, 0.5) is 8.78 Å². The third-order valence-electron chi connectivity index (χ3n) is 0.793. The molecule has 0 saturated carbocycles. The van der Waals surface area contributed by atoms with Crippen molar-refractivity contribution in [1.29, 1.82) is 0 Å². The van der Waals surface area contributed by atoms with Crippen LogP contribution in [0.5, 0.6) is 0 Å². The predicted octanol–water partition coefficient (Wildman–Crippen LogP) is 1.58. The molecule has 0 atom stereocenters. The molecule has 0 unspecified atom stereocenters. The number of benzene rings is 1. The van der Waals surface area contributed by atoms with E-state index in [0.29, 0.717) is 0 Å². The van der Waals surface area contributed by atoms with Crippen molar-refractivity contribution in [3.05, 3.63) is 36.4 Å². The van der Waals surface area contributed by atoms with E-state index in [0.717, 1.165) is 0 Å². The lowest BCUT2D eigenvalue weighted by molar-refractivity contribution is 0.601. The minimum atomic E-state index is -3.28. The van der Waals surface area contributed by atoms with Crippen LogP contribution in [0.2, 0.25) is 0 Å². The van der Waals surface area contributed by atoms with E-state index >= 15 is 0 Å². The van der Waals surface area contributed by atoms with Crippen molar-refractivity contribution in [3.8, 4) is 0 Å². The number of hydrogen-bond acceptors (Lipinski definition) is 2. The first-order valence-electron chi connectivity index (χ1n) is 2.92. The van der Waals surface area contributed by atoms with E-state index < -0.39 is 15.7 Å². The second-order valence-corrected chi connectivity index (χ2v) is 2.39. The second-order valence-electron chi connectivity index (χ2n) is 1.62. The highest BCUT2D eigenvalue weighted by atomic mass is 32.2. The standard InChI is InChI=1S/C6H6.CF2O2S/c1-2-4-6-5-3-1;2-1(3)6(4)5/h1-6H;. The Balaban J connectivity index is 0.000000202. The van der Waals surface area contributed by atoms with Crippen molar-refractivity contribution in [2.75, 3.05) is 0 Å². The van der Waals surface area contributed by atoms with Crippen molar-refractivity contribution >= 4 is 15.7 Å². The van der Waals surface area contributed by atoms with Gasteiger partial charge in [-0.3, -0.25) is 0 Å². The van der Waals surface area contributed by atoms with Gasteiger partial charge < -0.3 is 0 Å². The highest BCUT2D eigenvalue weighted by Gasteiger charge is 1.85. The van der Waals surface area contributed by atoms with Crippen LogP contribution in [0.3, 0.4) is 0 Å². The molecule has 1 rings (SSSR count). The van der Waals surface area contributed by atoms with Crippen LogP contribution in [0.1, 0.15) is 0 Å². The zero-order valence-electron chi connectivity index (χ0n) is 5.94. The smallest absolute Gasteiger partial charge is 0.179 e. The zero-order valence-corrected chi connectivity index (χ0v) is 6.76. The Kier molecular flexibility index (Phi) is 5.81. The van der Waals surface area contributed by atoms with Crippen LogP contribution in [-0.2, 0) is 10.3 Å². The molecular weight excluding hydrogens is 186 g/mol. The molecule has 0 radical (unpaired) electrons. The number of hydrogen-bond donors (Lipinski definition) is 0. The summed E-state index contributed by atoms with van der Waals surface area (Å²) < 4.78 is 38.7. The molecule has 0 aliphatic rings. The molecule has 0 aliphatic heterocycles. The lowest BCUT2D eigenvalue weighted by atomic mass is 10.4. The highest BCUT2D eigenvalue weighted by molar-refractivity contribution is 7.72. The Morgan fingerprint density at radius 3 is 1.08 bits per heavy atom. The van der Waals surface area contributed by atoms with Crippen LogP contribution in [0, 0.1) is 0 Å². The first-order chi connectivity index (χ1) is 5.64. The van der Waals surface area contributed by atoms with Gasteiger partial charge in [0, 0.05) is 0 Å². The Bertz CT molecular complexity index is 293. The fraction of sp³-hybridized carbons (Fsp3) is 0. The monoisotopic (exact) mass is 192 g/mol. The van der Waals surface area contributed by atoms with Crippen LogP contribution in [0.15, 0.2) is 36.4 Å². The molecule has 0 fully saturated rings. The molecule has 0 saturated heterocycles. The maximum absolute atomic E-state index is 10.5. The summed E-state index contributed by atoms with van der Waals surface area (Å²) in [7, 11) is -3.28. The van der Waals surface area contributed by atoms with E-state index in [1.807, 2.05) is 36.4 Å². The molecule has 0 spiro atoms. The summed E-state index contributed by atoms with van der Waals surface area (Å²) in [4.78, 5) is 0. The third kappa shape index (κ3) is 6.88. The normalized spacial score (nSPS) is 7.83. The molecule has 0 amide bonds. The van der Waals surface area contributed by atoms with Crippen LogP contribution in [0.25, 0.3) is 0 Å². The van der Waals surface area contributed by atoms with E-state index in [-0.39, 0.29) is 0 Å². The maximum Gasteiger partial charge on any atom is 0.387 e. The molecule has 1 aromatic rings. The molecule has 1 aromatic carbocycles. The number of rotatable bonds is 0. The van der Waals surface area contributed by atoms with Gasteiger partial charge in [0.15, 0.2) is 0 Å². The molecule has 0 heterocycles. The van der Waals surface area contributed by atoms with Crippen molar-refractivity contribution in [2.45, 2.75) is 0 Å². The van der Waals surface area contributed by atoms with Crippen molar-refractivity contribution in [2.24, 2.45) is 0 Å². The summed E-state index contributed by atoms with van der Waals surface area (Å²) in [5, 5.41) is -2.57. The van der Waals surface area contributed by atoms with E-state index in [9.17, 15) is 8.78 Å². The van der Waals surface area contributed by atoms with Gasteiger partial charge in [-0.05, 0) is 0 Å². The van der Waals surface area contributed by atoms with E-state index in [1.54, 1.807) is 0 Å². The average Bonchev–Trinajstić information content (AvgIpc) is 2.08. The topological polar surface area (TPSA) is 34.1 Å². The van der Waals surface area contributed by atoms with E-state index in [4.69, 9.17) is 8.42 Å². The molecule has 2 nitrogen and oxygen atoms in total. The van der Waals surface area contributed by atoms with Gasteiger partial charge in [-0.2, -0.15) is 17.2 Å². The highest BCUT2D eigenvalue weighted by Crippen LogP contribution is 1.79. The summed E-state index contributed by atoms with van der Waals surface area (Å²) in [5.41, 5.74) is 0. The second kappa shape index (κ2) is 6.48. The molecule has 0 bridgehead atoms. The Hall–Kier alpha value is -1.23. The van der Waals surface area contributed by atoms with Gasteiger partial charge >= 0.3 is 5.37 Å². The molecule has 0 aliphatic carbocycles. The Morgan fingerprint density at radius 1 is 0.833 bits per heavy atom. The van der Waals surface area contributed by atoms with E-state index in [1.165, 1.54) is 0 Å². The van der Waals surface area contributed by atoms with Gasteiger partial charge in [0.05, 0.1) is 0 Å². The van der Waals surface area contributed by atoms with Crippen molar-refractivity contribution in [1.82, 2.24) is 0 Å². The summed E-state index contributed by atoms with van der Waals surface area (Å²) >= 11 is 0. The summed E-state index contributed by atoms with van der Waals surface area (Å²) in [6.07, 6.45) is 0. The maximum atomic E-state index is 10.5. The molecular formula is C7H6F2O2S. The van der Waals surface area contributed by atoms with Crippen LogP contribution >= 0.6 is 0 Å². The lowest BCUT2D eigenvalue weighted by Gasteiger charge is -1.69. The average molecular weight is 192 g/mol. The fourth-order valence-electron chi connectivity index (χ4n) is 0.385. The van der Waals surface area contributed by atoms with E-state index in [2.05, 4.69) is 0 Å². The Labute approximate surface area is 70.0 Å². The quantitative estimate of drug-likeness (QED) is 0.462. The first kappa shape index (κ1) is 10.8. The van der Waals surface area contributed by atoms with Crippen LogP contribution < -0.4 is 0 Å². The van der Waals surface area contributed by atoms with Gasteiger partial charge in [-0.1, -0.05) is 36.4 Å². The SMILES string of the molecule is O=S(=O)=C(F)F.c1ccccc1. The fourth-order valence-corrected chi connectivity index (χ4v) is 0.385. The summed E-state index contributed by atoms with van der Waals surface area (Å²) in [5.74, 6) is 0. The lowest BCUT2D eigenvalue weighted by Crippen LogP contribution is -1.72. The summed E-state index contributed by atoms with van der Waals surface area (Å²) in [6, 6.07) is 12.0. The third-order valence-corrected chi connectivity index (χ3v) is 1.04. The van der Waals surface area contributed by atoms with Crippen molar-refractivity contribution in [3.63, 3.8) is 0 Å². The zero-order chi connectivity index (χ0) is 9.40. The number of halogens is 2. The molecule has 0 N–H and O–H groups in total. The molecule has 0 aromatic heterocycles. The van der Waals surface area contributed by atoms with Gasteiger partial charge in [0.2, 0.25) is 0 Å².